The lowest BCUT2D eigenvalue weighted by Gasteiger charge is -2.09. The second-order valence-electron chi connectivity index (χ2n) is 4.42. The fourth-order valence-corrected chi connectivity index (χ4v) is 1.57. The summed E-state index contributed by atoms with van der Waals surface area (Å²) in [6, 6.07) is 3.57. The summed E-state index contributed by atoms with van der Waals surface area (Å²) in [4.78, 5) is 23.0. The molecule has 1 unspecified atom stereocenters. The zero-order chi connectivity index (χ0) is 16.5. The van der Waals surface area contributed by atoms with Gasteiger partial charge < -0.3 is 14.2 Å². The van der Waals surface area contributed by atoms with E-state index in [1.54, 1.807) is 6.92 Å². The average molecular weight is 308 g/mol. The van der Waals surface area contributed by atoms with Crippen LogP contribution in [0.15, 0.2) is 18.2 Å². The molecule has 0 aromatic heterocycles. The van der Waals surface area contributed by atoms with Gasteiger partial charge in [0.2, 0.25) is 0 Å². The number of methoxy groups -OCH3 is 1. The lowest BCUT2D eigenvalue weighted by atomic mass is 10.2. The summed E-state index contributed by atoms with van der Waals surface area (Å²) in [6.45, 7) is 1.58. The van der Waals surface area contributed by atoms with E-state index in [4.69, 9.17) is 20.6 Å². The Morgan fingerprint density at radius 3 is 2.59 bits per heavy atom. The Balaban J connectivity index is 2.41. The maximum Gasteiger partial charge on any atom is 0.311 e. The third-order valence-corrected chi connectivity index (χ3v) is 2.65. The predicted octanol–water partition coefficient (Wildman–Crippen LogP) is 2.47. The van der Waals surface area contributed by atoms with E-state index in [1.807, 2.05) is 0 Å². The minimum Gasteiger partial charge on any atom is -0.493 e. The molecule has 0 saturated heterocycles. The third-order valence-electron chi connectivity index (χ3n) is 2.65. The molecule has 1 rings (SSSR count). The molecule has 1 atom stereocenters. The van der Waals surface area contributed by atoms with Crippen molar-refractivity contribution < 1.29 is 28.2 Å². The lowest BCUT2D eigenvalue weighted by molar-refractivity contribution is -0.146. The highest BCUT2D eigenvalue weighted by molar-refractivity contribution is 5.75. The van der Waals surface area contributed by atoms with Crippen LogP contribution in [0, 0.1) is 18.2 Å². The molecule has 1 aromatic carbocycles. The maximum atomic E-state index is 13.0. The molecule has 22 heavy (non-hydrogen) atoms. The number of halogens is 1. The topological polar surface area (TPSA) is 61.8 Å². The first-order valence-corrected chi connectivity index (χ1v) is 6.66. The molecule has 0 heterocycles. The molecule has 0 aliphatic heterocycles. The zero-order valence-electron chi connectivity index (χ0n) is 12.4. The van der Waals surface area contributed by atoms with Gasteiger partial charge in [0, 0.05) is 18.9 Å². The van der Waals surface area contributed by atoms with Crippen LogP contribution in [0.5, 0.6) is 11.5 Å². The Hall–Kier alpha value is -2.55. The minimum atomic E-state index is -0.595. The quantitative estimate of drug-likeness (QED) is 0.440. The van der Waals surface area contributed by atoms with Crippen molar-refractivity contribution in [1.82, 2.24) is 0 Å². The Morgan fingerprint density at radius 1 is 1.27 bits per heavy atom. The summed E-state index contributed by atoms with van der Waals surface area (Å²) in [5.41, 5.74) is 0. The summed E-state index contributed by atoms with van der Waals surface area (Å²) in [5, 5.41) is 0. The normalized spacial score (nSPS) is 11.2. The largest absolute Gasteiger partial charge is 0.493 e. The second-order valence-corrected chi connectivity index (χ2v) is 4.42. The van der Waals surface area contributed by atoms with Crippen molar-refractivity contribution in [2.24, 2.45) is 0 Å². The molecule has 0 spiro atoms. The second kappa shape index (κ2) is 8.67. The molecule has 0 saturated carbocycles. The molecule has 0 radical (unpaired) electrons. The van der Waals surface area contributed by atoms with E-state index in [-0.39, 0.29) is 30.8 Å². The molecule has 0 bridgehead atoms. The summed E-state index contributed by atoms with van der Waals surface area (Å²) in [7, 11) is 1.34. The summed E-state index contributed by atoms with van der Waals surface area (Å²) in [5.74, 6) is 0.984. The van der Waals surface area contributed by atoms with Crippen molar-refractivity contribution >= 4 is 11.9 Å². The van der Waals surface area contributed by atoms with E-state index < -0.39 is 23.9 Å². The molecule has 118 valence electrons. The van der Waals surface area contributed by atoms with E-state index in [1.165, 1.54) is 13.2 Å². The molecule has 6 heteroatoms. The highest BCUT2D eigenvalue weighted by atomic mass is 19.1. The first kappa shape index (κ1) is 17.5. The van der Waals surface area contributed by atoms with Crippen molar-refractivity contribution in [3.63, 3.8) is 0 Å². The van der Waals surface area contributed by atoms with E-state index in [0.29, 0.717) is 0 Å². The van der Waals surface area contributed by atoms with Crippen LogP contribution in [0.4, 0.5) is 4.39 Å². The number of esters is 2. The molecule has 5 nitrogen and oxygen atoms in total. The van der Waals surface area contributed by atoms with Gasteiger partial charge in [0.25, 0.3) is 0 Å². The number of hydrogen-bond donors (Lipinski definition) is 0. The summed E-state index contributed by atoms with van der Waals surface area (Å²) < 4.78 is 27.8. The van der Waals surface area contributed by atoms with Gasteiger partial charge in [-0.15, -0.1) is 6.42 Å². The van der Waals surface area contributed by atoms with Crippen molar-refractivity contribution in [3.05, 3.63) is 24.0 Å². The first-order chi connectivity index (χ1) is 10.5. The predicted molar refractivity (Wildman–Crippen MR) is 76.8 cm³/mol. The SMILES string of the molecule is C#CC(C)OC(=O)CCCC(=O)Oc1ccc(F)cc1OC. The molecular weight excluding hydrogens is 291 g/mol. The molecule has 0 fully saturated rings. The van der Waals surface area contributed by atoms with E-state index in [9.17, 15) is 14.0 Å². The van der Waals surface area contributed by atoms with Gasteiger partial charge in [0.1, 0.15) is 5.82 Å². The fraction of sp³-hybridized carbons (Fsp3) is 0.375. The zero-order valence-corrected chi connectivity index (χ0v) is 12.4. The van der Waals surface area contributed by atoms with Gasteiger partial charge in [-0.3, -0.25) is 9.59 Å². The van der Waals surface area contributed by atoms with Crippen molar-refractivity contribution in [2.75, 3.05) is 7.11 Å². The minimum absolute atomic E-state index is 0.0140. The molecule has 0 aliphatic carbocycles. The van der Waals surface area contributed by atoms with Crippen LogP contribution < -0.4 is 9.47 Å². The molecule has 0 N–H and O–H groups in total. The highest BCUT2D eigenvalue weighted by Gasteiger charge is 2.13. The monoisotopic (exact) mass is 308 g/mol. The number of benzene rings is 1. The van der Waals surface area contributed by atoms with Crippen LogP contribution in [0.3, 0.4) is 0 Å². The Labute approximate surface area is 128 Å². The van der Waals surface area contributed by atoms with Gasteiger partial charge in [-0.05, 0) is 25.5 Å². The van der Waals surface area contributed by atoms with Gasteiger partial charge in [-0.25, -0.2) is 4.39 Å². The van der Waals surface area contributed by atoms with Gasteiger partial charge in [-0.2, -0.15) is 0 Å². The number of ether oxygens (including phenoxy) is 3. The van der Waals surface area contributed by atoms with Crippen molar-refractivity contribution in [3.8, 4) is 23.8 Å². The molecular formula is C16H17FO5. The van der Waals surface area contributed by atoms with Gasteiger partial charge >= 0.3 is 11.9 Å². The molecule has 0 amide bonds. The number of terminal acetylenes is 1. The van der Waals surface area contributed by atoms with E-state index in [0.717, 1.165) is 12.1 Å². The van der Waals surface area contributed by atoms with Gasteiger partial charge in [-0.1, -0.05) is 5.92 Å². The molecule has 1 aromatic rings. The summed E-state index contributed by atoms with van der Waals surface area (Å²) >= 11 is 0. The van der Waals surface area contributed by atoms with Crippen LogP contribution >= 0.6 is 0 Å². The van der Waals surface area contributed by atoms with Gasteiger partial charge in [0.15, 0.2) is 17.6 Å². The van der Waals surface area contributed by atoms with E-state index in [2.05, 4.69) is 5.92 Å². The maximum absolute atomic E-state index is 13.0. The van der Waals surface area contributed by atoms with E-state index >= 15 is 0 Å². The Morgan fingerprint density at radius 2 is 1.95 bits per heavy atom. The number of hydrogen-bond acceptors (Lipinski definition) is 5. The number of carbonyl (C=O) groups excluding carboxylic acids is 2. The first-order valence-electron chi connectivity index (χ1n) is 6.66. The third kappa shape index (κ3) is 5.83. The smallest absolute Gasteiger partial charge is 0.311 e. The summed E-state index contributed by atoms with van der Waals surface area (Å²) in [6.07, 6.45) is 4.82. The Bertz CT molecular complexity index is 576. The van der Waals surface area contributed by atoms with Gasteiger partial charge in [0.05, 0.1) is 7.11 Å². The van der Waals surface area contributed by atoms with Crippen LogP contribution in [-0.4, -0.2) is 25.2 Å². The number of carbonyl (C=O) groups is 2. The lowest BCUT2D eigenvalue weighted by Crippen LogP contribution is -2.14. The van der Waals surface area contributed by atoms with Crippen LogP contribution in [-0.2, 0) is 14.3 Å². The van der Waals surface area contributed by atoms with Crippen molar-refractivity contribution in [2.45, 2.75) is 32.3 Å². The van der Waals surface area contributed by atoms with Crippen LogP contribution in [0.2, 0.25) is 0 Å². The molecule has 0 aliphatic rings. The number of rotatable bonds is 7. The average Bonchev–Trinajstić information content (AvgIpc) is 2.48. The van der Waals surface area contributed by atoms with Crippen LogP contribution in [0.1, 0.15) is 26.2 Å². The highest BCUT2D eigenvalue weighted by Crippen LogP contribution is 2.27. The van der Waals surface area contributed by atoms with Crippen LogP contribution in [0.25, 0.3) is 0 Å². The fourth-order valence-electron chi connectivity index (χ4n) is 1.57. The van der Waals surface area contributed by atoms with Crippen molar-refractivity contribution in [1.29, 1.82) is 0 Å². The Kier molecular flexibility index (Phi) is 6.90. The standard InChI is InChI=1S/C16H17FO5/c1-4-11(2)21-15(18)6-5-7-16(19)22-13-9-8-12(17)10-14(13)20-3/h1,8-11H,5-7H2,2-3H3.